The molecule has 1 aromatic carbocycles. The highest BCUT2D eigenvalue weighted by molar-refractivity contribution is 5.41. The van der Waals surface area contributed by atoms with E-state index in [4.69, 9.17) is 0 Å². The van der Waals surface area contributed by atoms with E-state index in [-0.39, 0.29) is 16.7 Å². The Labute approximate surface area is 94.8 Å². The van der Waals surface area contributed by atoms with Gasteiger partial charge in [0, 0.05) is 23.7 Å². The Kier molecular flexibility index (Phi) is 3.19. The van der Waals surface area contributed by atoms with Gasteiger partial charge in [-0.05, 0) is 19.8 Å². The van der Waals surface area contributed by atoms with Crippen LogP contribution < -0.4 is 5.32 Å². The van der Waals surface area contributed by atoms with Gasteiger partial charge in [0.25, 0.3) is 5.69 Å². The van der Waals surface area contributed by atoms with E-state index < -0.39 is 0 Å². The zero-order valence-electron chi connectivity index (χ0n) is 9.35. The molecule has 0 radical (unpaired) electrons. The van der Waals surface area contributed by atoms with Crippen LogP contribution >= 0.6 is 0 Å². The van der Waals surface area contributed by atoms with E-state index in [1.807, 2.05) is 19.1 Å². The fourth-order valence-corrected chi connectivity index (χ4v) is 2.04. The van der Waals surface area contributed by atoms with E-state index in [0.717, 1.165) is 5.56 Å². The number of hydrogen-bond acceptors (Lipinski definition) is 3. The predicted octanol–water partition coefficient (Wildman–Crippen LogP) is 2.80. The number of nitrogens with zero attached hydrogens (tertiary/aromatic N) is 1. The third-order valence-electron chi connectivity index (χ3n) is 3.19. The molecule has 1 N–H and O–H groups in total. The average Bonchev–Trinajstić information content (AvgIpc) is 2.23. The van der Waals surface area contributed by atoms with Crippen molar-refractivity contribution in [2.45, 2.75) is 38.3 Å². The molecule has 16 heavy (non-hydrogen) atoms. The van der Waals surface area contributed by atoms with Gasteiger partial charge in [-0.1, -0.05) is 24.6 Å². The molecule has 0 aromatic heterocycles. The van der Waals surface area contributed by atoms with Gasteiger partial charge in [0.15, 0.2) is 0 Å². The second kappa shape index (κ2) is 4.61. The summed E-state index contributed by atoms with van der Waals surface area (Å²) < 4.78 is 0. The maximum absolute atomic E-state index is 10.9. The summed E-state index contributed by atoms with van der Waals surface area (Å²) in [6.07, 6.45) is 3.64. The van der Waals surface area contributed by atoms with Crippen molar-refractivity contribution in [3.05, 3.63) is 39.9 Å². The minimum Gasteiger partial charge on any atom is -0.307 e. The smallest absolute Gasteiger partial charge is 0.274 e. The topological polar surface area (TPSA) is 55.2 Å². The summed E-state index contributed by atoms with van der Waals surface area (Å²) in [7, 11) is 0. The van der Waals surface area contributed by atoms with E-state index in [1.165, 1.54) is 19.3 Å². The molecular formula is C12H16N2O2. The molecule has 1 fully saturated rings. The molecular weight excluding hydrogens is 204 g/mol. The maximum Gasteiger partial charge on any atom is 0.274 e. The van der Waals surface area contributed by atoms with Crippen LogP contribution in [-0.2, 0) is 0 Å². The van der Waals surface area contributed by atoms with Gasteiger partial charge >= 0.3 is 0 Å². The van der Waals surface area contributed by atoms with Crippen LogP contribution in [0.5, 0.6) is 0 Å². The highest BCUT2D eigenvalue weighted by Gasteiger charge is 2.23. The quantitative estimate of drug-likeness (QED) is 0.627. The molecule has 2 rings (SSSR count). The molecule has 4 nitrogen and oxygen atoms in total. The van der Waals surface area contributed by atoms with E-state index in [9.17, 15) is 10.1 Å². The van der Waals surface area contributed by atoms with Gasteiger partial charge in [0.2, 0.25) is 0 Å². The maximum atomic E-state index is 10.9. The summed E-state index contributed by atoms with van der Waals surface area (Å²) >= 11 is 0. The van der Waals surface area contributed by atoms with Crippen LogP contribution in [-0.4, -0.2) is 11.0 Å². The van der Waals surface area contributed by atoms with Crippen LogP contribution in [0.2, 0.25) is 0 Å². The van der Waals surface area contributed by atoms with E-state index in [1.54, 1.807) is 12.1 Å². The minimum atomic E-state index is -0.311. The van der Waals surface area contributed by atoms with Gasteiger partial charge in [-0.3, -0.25) is 10.1 Å². The zero-order valence-corrected chi connectivity index (χ0v) is 9.35. The SMILES string of the molecule is CC(NC1CCC1)c1ccccc1[N+](=O)[O-]. The summed E-state index contributed by atoms with van der Waals surface area (Å²) in [6.45, 7) is 1.99. The Morgan fingerprint density at radius 2 is 2.12 bits per heavy atom. The third-order valence-corrected chi connectivity index (χ3v) is 3.19. The van der Waals surface area contributed by atoms with Crippen LogP contribution in [0.4, 0.5) is 5.69 Å². The first kappa shape index (κ1) is 11.1. The number of para-hydroxylation sites is 1. The van der Waals surface area contributed by atoms with Crippen molar-refractivity contribution in [2.75, 3.05) is 0 Å². The van der Waals surface area contributed by atoms with Crippen molar-refractivity contribution < 1.29 is 4.92 Å². The summed E-state index contributed by atoms with van der Waals surface area (Å²) in [6, 6.07) is 7.53. The van der Waals surface area contributed by atoms with Crippen LogP contribution in [0.3, 0.4) is 0 Å². The van der Waals surface area contributed by atoms with Crippen molar-refractivity contribution in [3.8, 4) is 0 Å². The lowest BCUT2D eigenvalue weighted by Gasteiger charge is -2.30. The summed E-state index contributed by atoms with van der Waals surface area (Å²) in [5.41, 5.74) is 0.987. The third kappa shape index (κ3) is 2.22. The highest BCUT2D eigenvalue weighted by atomic mass is 16.6. The molecule has 0 aliphatic heterocycles. The van der Waals surface area contributed by atoms with Crippen molar-refractivity contribution >= 4 is 5.69 Å². The molecule has 86 valence electrons. The van der Waals surface area contributed by atoms with Crippen molar-refractivity contribution in [2.24, 2.45) is 0 Å². The average molecular weight is 220 g/mol. The molecule has 0 amide bonds. The number of nitrogens with one attached hydrogen (secondary N) is 1. The van der Waals surface area contributed by atoms with Gasteiger partial charge < -0.3 is 5.32 Å². The normalized spacial score (nSPS) is 17.8. The van der Waals surface area contributed by atoms with Crippen LogP contribution in [0, 0.1) is 10.1 Å². The number of nitro benzene ring substituents is 1. The second-order valence-electron chi connectivity index (χ2n) is 4.33. The summed E-state index contributed by atoms with van der Waals surface area (Å²) in [5.74, 6) is 0. The Morgan fingerprint density at radius 3 is 2.69 bits per heavy atom. The first-order valence-corrected chi connectivity index (χ1v) is 5.68. The molecule has 1 aliphatic rings. The van der Waals surface area contributed by atoms with Crippen molar-refractivity contribution in [3.63, 3.8) is 0 Å². The fourth-order valence-electron chi connectivity index (χ4n) is 2.04. The molecule has 1 atom stereocenters. The molecule has 1 saturated carbocycles. The number of nitro groups is 1. The molecule has 1 aliphatic carbocycles. The summed E-state index contributed by atoms with van der Waals surface area (Å²) in [4.78, 5) is 10.6. The van der Waals surface area contributed by atoms with Crippen LogP contribution in [0.1, 0.15) is 37.8 Å². The lowest BCUT2D eigenvalue weighted by atomic mass is 9.91. The van der Waals surface area contributed by atoms with Gasteiger partial charge in [-0.2, -0.15) is 0 Å². The van der Waals surface area contributed by atoms with Gasteiger partial charge in [0.05, 0.1) is 4.92 Å². The lowest BCUT2D eigenvalue weighted by Crippen LogP contribution is -2.36. The Balaban J connectivity index is 2.14. The van der Waals surface area contributed by atoms with E-state index >= 15 is 0 Å². The number of hydrogen-bond donors (Lipinski definition) is 1. The van der Waals surface area contributed by atoms with Crippen molar-refractivity contribution in [1.29, 1.82) is 0 Å². The lowest BCUT2D eigenvalue weighted by molar-refractivity contribution is -0.385. The fraction of sp³-hybridized carbons (Fsp3) is 0.500. The molecule has 1 aromatic rings. The predicted molar refractivity (Wildman–Crippen MR) is 62.3 cm³/mol. The Hall–Kier alpha value is -1.42. The number of benzene rings is 1. The van der Waals surface area contributed by atoms with E-state index in [0.29, 0.717) is 6.04 Å². The largest absolute Gasteiger partial charge is 0.307 e. The first-order valence-electron chi connectivity index (χ1n) is 5.68. The number of rotatable bonds is 4. The standard InChI is InChI=1S/C12H16N2O2/c1-9(13-10-5-4-6-10)11-7-2-3-8-12(11)14(15)16/h2-3,7-10,13H,4-6H2,1H3. The van der Waals surface area contributed by atoms with Gasteiger partial charge in [0.1, 0.15) is 0 Å². The first-order chi connectivity index (χ1) is 7.68. The Bertz CT molecular complexity index is 388. The molecule has 0 saturated heterocycles. The summed E-state index contributed by atoms with van der Waals surface area (Å²) in [5, 5.41) is 14.3. The second-order valence-corrected chi connectivity index (χ2v) is 4.33. The molecule has 0 heterocycles. The Morgan fingerprint density at radius 1 is 1.44 bits per heavy atom. The monoisotopic (exact) mass is 220 g/mol. The van der Waals surface area contributed by atoms with Crippen LogP contribution in [0.25, 0.3) is 0 Å². The highest BCUT2D eigenvalue weighted by Crippen LogP contribution is 2.27. The molecule has 0 spiro atoms. The van der Waals surface area contributed by atoms with Crippen molar-refractivity contribution in [1.82, 2.24) is 5.32 Å². The molecule has 0 bridgehead atoms. The van der Waals surface area contributed by atoms with E-state index in [2.05, 4.69) is 5.32 Å². The molecule has 1 unspecified atom stereocenters. The minimum absolute atomic E-state index is 0.0481. The van der Waals surface area contributed by atoms with Gasteiger partial charge in [-0.25, -0.2) is 0 Å². The molecule has 4 heteroatoms. The zero-order chi connectivity index (χ0) is 11.5. The van der Waals surface area contributed by atoms with Gasteiger partial charge in [-0.15, -0.1) is 0 Å². The van der Waals surface area contributed by atoms with Crippen LogP contribution in [0.15, 0.2) is 24.3 Å².